The number of rotatable bonds is 9. The quantitative estimate of drug-likeness (QED) is 0.313. The van der Waals surface area contributed by atoms with Crippen molar-refractivity contribution in [3.63, 3.8) is 0 Å². The number of aliphatic hydroxyl groups is 1. The Labute approximate surface area is 262 Å². The molecule has 0 bridgehead atoms. The first-order valence-corrected chi connectivity index (χ1v) is 15.9. The SMILES string of the molecule is COc1ccc(NC(=O)Nc2ccc3c(c2)CC(=O)N([C@H](C)CO)C[C@H](C)[C@@H](CN(C)S(=O)(=O)c2ccc(Cl)cc2)O3)cc1. The molecule has 236 valence electrons. The van der Waals surface area contributed by atoms with Crippen LogP contribution in [0.1, 0.15) is 19.4 Å². The van der Waals surface area contributed by atoms with Crippen molar-refractivity contribution in [1.82, 2.24) is 9.21 Å². The van der Waals surface area contributed by atoms with E-state index in [1.807, 2.05) is 6.92 Å². The highest BCUT2D eigenvalue weighted by molar-refractivity contribution is 7.89. The number of amides is 3. The summed E-state index contributed by atoms with van der Waals surface area (Å²) in [5, 5.41) is 15.8. The van der Waals surface area contributed by atoms with Gasteiger partial charge in [0, 0.05) is 41.5 Å². The molecule has 13 heteroatoms. The Bertz CT molecular complexity index is 1570. The second-order valence-electron chi connectivity index (χ2n) is 10.8. The maximum Gasteiger partial charge on any atom is 0.323 e. The van der Waals surface area contributed by atoms with Gasteiger partial charge in [-0.05, 0) is 73.7 Å². The van der Waals surface area contributed by atoms with Gasteiger partial charge in [-0.1, -0.05) is 18.5 Å². The van der Waals surface area contributed by atoms with Crippen LogP contribution in [0.5, 0.6) is 11.5 Å². The molecular weight excluding hydrogens is 608 g/mol. The predicted molar refractivity (Wildman–Crippen MR) is 169 cm³/mol. The number of carbonyl (C=O) groups excluding carboxylic acids is 2. The van der Waals surface area contributed by atoms with Crippen molar-refractivity contribution in [2.24, 2.45) is 5.92 Å². The first-order valence-electron chi connectivity index (χ1n) is 14.0. The average Bonchev–Trinajstić information content (AvgIpc) is 3.04. The Morgan fingerprint density at radius 1 is 1.11 bits per heavy atom. The number of sulfonamides is 1. The highest BCUT2D eigenvalue weighted by atomic mass is 35.5. The van der Waals surface area contributed by atoms with Crippen LogP contribution < -0.4 is 20.1 Å². The lowest BCUT2D eigenvalue weighted by Gasteiger charge is -2.33. The molecule has 0 fully saturated rings. The van der Waals surface area contributed by atoms with Gasteiger partial charge in [-0.2, -0.15) is 4.31 Å². The van der Waals surface area contributed by atoms with Crippen LogP contribution in [-0.4, -0.2) is 80.7 Å². The van der Waals surface area contributed by atoms with Gasteiger partial charge < -0.3 is 30.1 Å². The summed E-state index contributed by atoms with van der Waals surface area (Å²) in [6.07, 6.45) is -0.703. The summed E-state index contributed by atoms with van der Waals surface area (Å²) in [6, 6.07) is 16.8. The number of aliphatic hydroxyl groups excluding tert-OH is 1. The maximum atomic E-state index is 13.5. The van der Waals surface area contributed by atoms with Gasteiger partial charge in [0.05, 0.1) is 37.6 Å². The molecule has 3 aromatic carbocycles. The minimum atomic E-state index is -3.87. The number of methoxy groups -OCH3 is 1. The molecule has 3 aromatic rings. The van der Waals surface area contributed by atoms with E-state index in [2.05, 4.69) is 10.6 Å². The van der Waals surface area contributed by atoms with Crippen molar-refractivity contribution < 1.29 is 32.6 Å². The first kappa shape index (κ1) is 33.1. The number of fused-ring (bicyclic) bond motifs is 1. The van der Waals surface area contributed by atoms with Crippen LogP contribution in [0.15, 0.2) is 71.6 Å². The van der Waals surface area contributed by atoms with Crippen molar-refractivity contribution in [1.29, 1.82) is 0 Å². The highest BCUT2D eigenvalue weighted by Gasteiger charge is 2.33. The van der Waals surface area contributed by atoms with Crippen LogP contribution in [0.25, 0.3) is 0 Å². The summed E-state index contributed by atoms with van der Waals surface area (Å²) in [6.45, 7) is 3.61. The molecule has 44 heavy (non-hydrogen) atoms. The zero-order chi connectivity index (χ0) is 32.0. The standard InChI is InChI=1S/C31H37ClN4O7S/c1-20-17-36(21(2)19-37)30(38)16-22-15-25(34-31(39)33-24-7-10-26(42-4)11-8-24)9-14-28(22)43-29(20)18-35(3)44(40,41)27-12-5-23(32)6-13-27/h5-15,20-21,29,37H,16-19H2,1-4H3,(H2,33,34,39)/t20-,21+,29+/m0/s1. The van der Waals surface area contributed by atoms with Crippen molar-refractivity contribution in [3.8, 4) is 11.5 Å². The third-order valence-corrected chi connectivity index (χ3v) is 9.57. The van der Waals surface area contributed by atoms with Crippen molar-refractivity contribution in [2.75, 3.05) is 44.5 Å². The lowest BCUT2D eigenvalue weighted by molar-refractivity contribution is -0.134. The Balaban J connectivity index is 1.60. The fourth-order valence-electron chi connectivity index (χ4n) is 4.83. The largest absolute Gasteiger partial charge is 0.497 e. The topological polar surface area (TPSA) is 138 Å². The first-order chi connectivity index (χ1) is 20.9. The maximum absolute atomic E-state index is 13.5. The van der Waals surface area contributed by atoms with Gasteiger partial charge in [0.2, 0.25) is 15.9 Å². The minimum absolute atomic E-state index is 0.00856. The number of carbonyl (C=O) groups is 2. The van der Waals surface area contributed by atoms with Gasteiger partial charge in [0.15, 0.2) is 0 Å². The van der Waals surface area contributed by atoms with Crippen LogP contribution in [0.3, 0.4) is 0 Å². The summed E-state index contributed by atoms with van der Waals surface area (Å²) in [7, 11) is -0.840. The summed E-state index contributed by atoms with van der Waals surface area (Å²) in [4.78, 5) is 27.9. The molecule has 0 aromatic heterocycles. The van der Waals surface area contributed by atoms with Gasteiger partial charge in [-0.3, -0.25) is 4.79 Å². The minimum Gasteiger partial charge on any atom is -0.497 e. The molecule has 1 aliphatic heterocycles. The van der Waals surface area contributed by atoms with Crippen LogP contribution in [0, 0.1) is 5.92 Å². The van der Waals surface area contributed by atoms with Crippen molar-refractivity contribution in [3.05, 3.63) is 77.3 Å². The number of hydrogen-bond acceptors (Lipinski definition) is 7. The molecule has 3 N–H and O–H groups in total. The highest BCUT2D eigenvalue weighted by Crippen LogP contribution is 2.30. The summed E-state index contributed by atoms with van der Waals surface area (Å²) >= 11 is 5.95. The van der Waals surface area contributed by atoms with E-state index in [0.29, 0.717) is 33.5 Å². The molecule has 0 aliphatic carbocycles. The summed E-state index contributed by atoms with van der Waals surface area (Å²) < 4.78 is 39.5. The zero-order valence-corrected chi connectivity index (χ0v) is 26.6. The van der Waals surface area contributed by atoms with Crippen LogP contribution in [-0.2, 0) is 21.2 Å². The van der Waals surface area contributed by atoms with Crippen LogP contribution >= 0.6 is 11.6 Å². The number of benzene rings is 3. The summed E-state index contributed by atoms with van der Waals surface area (Å²) in [5.74, 6) is 0.511. The number of likely N-dealkylation sites (N-methyl/N-ethyl adjacent to an activating group) is 1. The molecule has 0 spiro atoms. The van der Waals surface area contributed by atoms with E-state index in [9.17, 15) is 23.1 Å². The second kappa shape index (κ2) is 14.3. The number of urea groups is 1. The lowest BCUT2D eigenvalue weighted by Crippen LogP contribution is -2.48. The summed E-state index contributed by atoms with van der Waals surface area (Å²) in [5.41, 5.74) is 1.50. The van der Waals surface area contributed by atoms with Gasteiger partial charge >= 0.3 is 6.03 Å². The second-order valence-corrected chi connectivity index (χ2v) is 13.2. The molecule has 11 nitrogen and oxygen atoms in total. The third kappa shape index (κ3) is 8.00. The van der Waals surface area contributed by atoms with Gasteiger partial charge in [0.1, 0.15) is 17.6 Å². The molecule has 1 heterocycles. The molecule has 1 aliphatic rings. The monoisotopic (exact) mass is 644 g/mol. The Morgan fingerprint density at radius 2 is 1.75 bits per heavy atom. The number of halogens is 1. The molecule has 0 unspecified atom stereocenters. The Kier molecular flexibility index (Phi) is 10.7. The van der Waals surface area contributed by atoms with Gasteiger partial charge in [-0.25, -0.2) is 13.2 Å². The van der Waals surface area contributed by atoms with E-state index >= 15 is 0 Å². The fraction of sp³-hybridized carbons (Fsp3) is 0.355. The predicted octanol–water partition coefficient (Wildman–Crippen LogP) is 4.46. The van der Waals surface area contributed by atoms with Crippen LogP contribution in [0.2, 0.25) is 5.02 Å². The Hall–Kier alpha value is -3.84. The molecular formula is C31H37ClN4O7S. The van der Waals surface area contributed by atoms with Gasteiger partial charge in [-0.15, -0.1) is 0 Å². The number of hydrogen-bond donors (Lipinski definition) is 3. The fourth-order valence-corrected chi connectivity index (χ4v) is 6.14. The lowest BCUT2D eigenvalue weighted by atomic mass is 10.0. The normalized spacial score (nSPS) is 17.9. The Morgan fingerprint density at radius 3 is 2.39 bits per heavy atom. The van der Waals surface area contributed by atoms with E-state index in [1.54, 1.807) is 61.4 Å². The van der Waals surface area contributed by atoms with E-state index in [4.69, 9.17) is 21.1 Å². The average molecular weight is 645 g/mol. The van der Waals surface area contributed by atoms with Crippen LogP contribution in [0.4, 0.5) is 16.2 Å². The molecule has 0 radical (unpaired) electrons. The molecule has 3 atom stereocenters. The number of ether oxygens (including phenoxy) is 2. The zero-order valence-electron chi connectivity index (χ0n) is 25.0. The number of nitrogens with zero attached hydrogens (tertiary/aromatic N) is 2. The van der Waals surface area contributed by atoms with E-state index in [0.717, 1.165) is 0 Å². The molecule has 4 rings (SSSR count). The molecule has 3 amide bonds. The van der Waals surface area contributed by atoms with Crippen molar-refractivity contribution >= 4 is 44.9 Å². The van der Waals surface area contributed by atoms with E-state index < -0.39 is 28.2 Å². The van der Waals surface area contributed by atoms with Gasteiger partial charge in [0.25, 0.3) is 0 Å². The van der Waals surface area contributed by atoms with E-state index in [-0.39, 0.29) is 42.8 Å². The number of nitrogens with one attached hydrogen (secondary N) is 2. The molecule has 0 saturated heterocycles. The molecule has 0 saturated carbocycles. The van der Waals surface area contributed by atoms with Crippen molar-refractivity contribution in [2.45, 2.75) is 37.3 Å². The smallest absolute Gasteiger partial charge is 0.323 e. The number of anilines is 2. The van der Waals surface area contributed by atoms with E-state index in [1.165, 1.54) is 35.6 Å². The third-order valence-electron chi connectivity index (χ3n) is 7.48.